The summed E-state index contributed by atoms with van der Waals surface area (Å²) in [6.45, 7) is 2.17. The molecule has 0 radical (unpaired) electrons. The number of hydrogen-bond donors (Lipinski definition) is 1. The Kier molecular flexibility index (Phi) is 3.99. The third-order valence-electron chi connectivity index (χ3n) is 6.42. The van der Waals surface area contributed by atoms with Gasteiger partial charge in [0.2, 0.25) is 0 Å². The average Bonchev–Trinajstić information content (AvgIpc) is 3.18. The van der Waals surface area contributed by atoms with Crippen molar-refractivity contribution in [3.05, 3.63) is 47.0 Å². The van der Waals surface area contributed by atoms with Crippen LogP contribution in [-0.2, 0) is 19.6 Å². The number of nitrogens with zero attached hydrogens (tertiary/aromatic N) is 1. The van der Waals surface area contributed by atoms with Crippen LogP contribution in [0.5, 0.6) is 11.5 Å². The molecule has 0 saturated carbocycles. The van der Waals surface area contributed by atoms with Crippen molar-refractivity contribution in [3.63, 3.8) is 0 Å². The molecule has 5 rings (SSSR count). The smallest absolute Gasteiger partial charge is 0.125 e. The summed E-state index contributed by atoms with van der Waals surface area (Å²) in [4.78, 5) is 2.63. The van der Waals surface area contributed by atoms with Crippen molar-refractivity contribution in [2.24, 2.45) is 0 Å². The van der Waals surface area contributed by atoms with E-state index in [1.54, 1.807) is 14.2 Å². The summed E-state index contributed by atoms with van der Waals surface area (Å²) >= 11 is 0. The van der Waals surface area contributed by atoms with Gasteiger partial charge in [-0.3, -0.25) is 4.90 Å². The zero-order valence-corrected chi connectivity index (χ0v) is 15.9. The fraction of sp³-hybridized carbons (Fsp3) is 0.391. The maximum atomic E-state index is 9.82. The van der Waals surface area contributed by atoms with Gasteiger partial charge < -0.3 is 14.6 Å². The zero-order chi connectivity index (χ0) is 18.5. The van der Waals surface area contributed by atoms with Crippen LogP contribution in [0.4, 0.5) is 0 Å². The number of ether oxygens (including phenoxy) is 2. The van der Waals surface area contributed by atoms with Crippen LogP contribution >= 0.6 is 0 Å². The summed E-state index contributed by atoms with van der Waals surface area (Å²) in [5.74, 6) is 1.66. The highest BCUT2D eigenvalue weighted by Gasteiger charge is 2.32. The van der Waals surface area contributed by atoms with Crippen LogP contribution in [0, 0.1) is 0 Å². The van der Waals surface area contributed by atoms with Crippen molar-refractivity contribution in [3.8, 4) is 11.5 Å². The Balaban J connectivity index is 1.88. The van der Waals surface area contributed by atoms with E-state index in [0.717, 1.165) is 30.0 Å². The molecule has 1 saturated heterocycles. The van der Waals surface area contributed by atoms with Crippen LogP contribution in [0.2, 0.25) is 0 Å². The van der Waals surface area contributed by atoms with E-state index in [4.69, 9.17) is 9.47 Å². The largest absolute Gasteiger partial charge is 0.497 e. The Hall–Kier alpha value is -2.30. The average molecular weight is 363 g/mol. The fourth-order valence-electron chi connectivity index (χ4n) is 5.06. The molecule has 1 unspecified atom stereocenters. The number of rotatable bonds is 3. The van der Waals surface area contributed by atoms with Crippen molar-refractivity contribution in [2.45, 2.75) is 38.5 Å². The van der Waals surface area contributed by atoms with Gasteiger partial charge in [0.15, 0.2) is 0 Å². The van der Waals surface area contributed by atoms with Gasteiger partial charge in [-0.2, -0.15) is 0 Å². The van der Waals surface area contributed by atoms with E-state index in [1.807, 2.05) is 6.07 Å². The van der Waals surface area contributed by atoms with Crippen LogP contribution in [0.1, 0.15) is 29.5 Å². The van der Waals surface area contributed by atoms with E-state index >= 15 is 0 Å². The minimum atomic E-state index is -0.0236. The topological polar surface area (TPSA) is 41.9 Å². The van der Waals surface area contributed by atoms with Crippen molar-refractivity contribution in [2.75, 3.05) is 20.8 Å². The van der Waals surface area contributed by atoms with E-state index in [2.05, 4.69) is 29.2 Å². The molecule has 27 heavy (non-hydrogen) atoms. The monoisotopic (exact) mass is 363 g/mol. The summed E-state index contributed by atoms with van der Waals surface area (Å²) in [6, 6.07) is 11.2. The van der Waals surface area contributed by atoms with Gasteiger partial charge >= 0.3 is 0 Å². The first-order valence-corrected chi connectivity index (χ1v) is 9.70. The van der Waals surface area contributed by atoms with Gasteiger partial charge in [0.25, 0.3) is 0 Å². The van der Waals surface area contributed by atoms with E-state index < -0.39 is 0 Å². The quantitative estimate of drug-likeness (QED) is 0.714. The summed E-state index contributed by atoms with van der Waals surface area (Å²) in [5, 5.41) is 14.8. The molecular formula is C23H25NO3. The Bertz CT molecular complexity index is 1040. The highest BCUT2D eigenvalue weighted by Crippen LogP contribution is 2.42. The van der Waals surface area contributed by atoms with Crippen LogP contribution in [-0.4, -0.2) is 36.8 Å². The highest BCUT2D eigenvalue weighted by molar-refractivity contribution is 6.12. The predicted octanol–water partition coefficient (Wildman–Crippen LogP) is 4.02. The molecule has 1 atom stereocenters. The number of fused-ring (bicyclic) bond motifs is 7. The molecule has 1 fully saturated rings. The van der Waals surface area contributed by atoms with Crippen LogP contribution < -0.4 is 9.47 Å². The van der Waals surface area contributed by atoms with Crippen LogP contribution in [0.3, 0.4) is 0 Å². The maximum Gasteiger partial charge on any atom is 0.125 e. The molecule has 140 valence electrons. The lowest BCUT2D eigenvalue weighted by molar-refractivity contribution is 0.229. The Morgan fingerprint density at radius 1 is 1.00 bits per heavy atom. The van der Waals surface area contributed by atoms with Gasteiger partial charge in [0.1, 0.15) is 11.5 Å². The van der Waals surface area contributed by atoms with Crippen molar-refractivity contribution in [1.82, 2.24) is 4.90 Å². The number of aliphatic hydroxyl groups excluding tert-OH is 1. The first-order valence-electron chi connectivity index (χ1n) is 9.70. The normalized spacial score (nSPS) is 19.3. The molecular weight excluding hydrogens is 338 g/mol. The minimum absolute atomic E-state index is 0.0236. The first-order chi connectivity index (χ1) is 13.2. The van der Waals surface area contributed by atoms with E-state index in [-0.39, 0.29) is 6.61 Å². The molecule has 0 aromatic heterocycles. The lowest BCUT2D eigenvalue weighted by Crippen LogP contribution is -2.35. The van der Waals surface area contributed by atoms with Crippen molar-refractivity contribution < 1.29 is 14.6 Å². The predicted molar refractivity (Wildman–Crippen MR) is 108 cm³/mol. The third kappa shape index (κ3) is 2.51. The van der Waals surface area contributed by atoms with Crippen LogP contribution in [0.15, 0.2) is 30.3 Å². The molecule has 0 spiro atoms. The molecule has 2 heterocycles. The molecule has 0 aliphatic carbocycles. The molecule has 4 nitrogen and oxygen atoms in total. The van der Waals surface area contributed by atoms with E-state index in [0.29, 0.717) is 6.04 Å². The maximum absolute atomic E-state index is 9.82. The lowest BCUT2D eigenvalue weighted by atomic mass is 9.84. The summed E-state index contributed by atoms with van der Waals surface area (Å²) in [6.07, 6.45) is 3.65. The Morgan fingerprint density at radius 3 is 2.63 bits per heavy atom. The standard InChI is InChI=1S/C23H25NO3/c1-26-16-5-6-17-18-8-14(13-25)23(27-2)11-21(18)19-9-15-4-3-7-24(15)12-22(19)20(17)10-16/h5-6,8,10-11,15,25H,3-4,7,9,12-13H2,1-2H3. The molecule has 0 bridgehead atoms. The summed E-state index contributed by atoms with van der Waals surface area (Å²) < 4.78 is 11.1. The molecule has 4 heteroatoms. The second-order valence-corrected chi connectivity index (χ2v) is 7.71. The van der Waals surface area contributed by atoms with Crippen molar-refractivity contribution >= 4 is 21.5 Å². The Labute approximate surface area is 159 Å². The van der Waals surface area contributed by atoms with Gasteiger partial charge in [-0.1, -0.05) is 6.07 Å². The van der Waals surface area contributed by atoms with Gasteiger partial charge in [-0.25, -0.2) is 0 Å². The Morgan fingerprint density at radius 2 is 1.85 bits per heavy atom. The fourth-order valence-corrected chi connectivity index (χ4v) is 5.06. The van der Waals surface area contributed by atoms with E-state index in [1.165, 1.54) is 52.1 Å². The van der Waals surface area contributed by atoms with Gasteiger partial charge in [0, 0.05) is 18.2 Å². The zero-order valence-electron chi connectivity index (χ0n) is 15.9. The van der Waals surface area contributed by atoms with Gasteiger partial charge in [0.05, 0.1) is 20.8 Å². The molecule has 2 aliphatic rings. The molecule has 2 aliphatic heterocycles. The van der Waals surface area contributed by atoms with Gasteiger partial charge in [-0.05, 0) is 82.7 Å². The first kappa shape index (κ1) is 16.8. The number of methoxy groups -OCH3 is 2. The highest BCUT2D eigenvalue weighted by atomic mass is 16.5. The summed E-state index contributed by atoms with van der Waals surface area (Å²) in [5.41, 5.74) is 3.70. The molecule has 3 aromatic carbocycles. The lowest BCUT2D eigenvalue weighted by Gasteiger charge is -2.33. The molecule has 0 amide bonds. The molecule has 1 N–H and O–H groups in total. The minimum Gasteiger partial charge on any atom is -0.497 e. The number of benzene rings is 3. The van der Waals surface area contributed by atoms with Gasteiger partial charge in [-0.15, -0.1) is 0 Å². The number of aliphatic hydroxyl groups is 1. The summed E-state index contributed by atoms with van der Waals surface area (Å²) in [7, 11) is 3.40. The SMILES string of the molecule is COc1ccc2c(c1)c1c(c3cc(OC)c(CO)cc32)CC2CCCN2C1. The van der Waals surface area contributed by atoms with Crippen LogP contribution in [0.25, 0.3) is 21.5 Å². The third-order valence-corrected chi connectivity index (χ3v) is 6.42. The second kappa shape index (κ2) is 6.39. The van der Waals surface area contributed by atoms with E-state index in [9.17, 15) is 5.11 Å². The van der Waals surface area contributed by atoms with Crippen molar-refractivity contribution in [1.29, 1.82) is 0 Å². The second-order valence-electron chi connectivity index (χ2n) is 7.71. The number of hydrogen-bond acceptors (Lipinski definition) is 4. The molecule has 3 aromatic rings.